The van der Waals surface area contributed by atoms with Gasteiger partial charge in [-0.05, 0) is 43.7 Å². The molecule has 0 fully saturated rings. The zero-order chi connectivity index (χ0) is 18.4. The van der Waals surface area contributed by atoms with Crippen LogP contribution in [0.5, 0.6) is 0 Å². The van der Waals surface area contributed by atoms with Crippen molar-refractivity contribution >= 4 is 22.8 Å². The third kappa shape index (κ3) is 2.42. The molecule has 6 heteroatoms. The molecule has 0 spiro atoms. The molecule has 0 atom stereocenters. The van der Waals surface area contributed by atoms with Gasteiger partial charge >= 0.3 is 0 Å². The minimum atomic E-state index is -0.320. The van der Waals surface area contributed by atoms with E-state index in [0.29, 0.717) is 16.8 Å². The van der Waals surface area contributed by atoms with E-state index in [1.807, 2.05) is 19.9 Å². The van der Waals surface area contributed by atoms with Crippen molar-refractivity contribution in [2.75, 3.05) is 6.54 Å². The number of carbonyl (C=O) groups is 2. The number of imide groups is 1. The normalized spacial score (nSPS) is 13.5. The lowest BCUT2D eigenvalue weighted by Gasteiger charge is -2.16. The van der Waals surface area contributed by atoms with Gasteiger partial charge in [0.05, 0.1) is 11.1 Å². The highest BCUT2D eigenvalue weighted by Crippen LogP contribution is 2.22. The minimum absolute atomic E-state index is 0.125. The fourth-order valence-electron chi connectivity index (χ4n) is 3.45. The van der Waals surface area contributed by atoms with Gasteiger partial charge in [0.2, 0.25) is 0 Å². The first-order chi connectivity index (χ1) is 12.5. The summed E-state index contributed by atoms with van der Waals surface area (Å²) < 4.78 is 1.53. The molecule has 0 N–H and O–H groups in total. The molecule has 3 heterocycles. The Kier molecular flexibility index (Phi) is 3.68. The Morgan fingerprint density at radius 3 is 2.19 bits per heavy atom. The maximum absolute atomic E-state index is 12.5. The Morgan fingerprint density at radius 1 is 0.885 bits per heavy atom. The van der Waals surface area contributed by atoms with Crippen LogP contribution in [-0.2, 0) is 6.54 Å². The first-order valence-corrected chi connectivity index (χ1v) is 8.40. The van der Waals surface area contributed by atoms with E-state index in [2.05, 4.69) is 4.98 Å². The molecule has 1 aromatic carbocycles. The number of aromatic nitrogens is 2. The molecule has 26 heavy (non-hydrogen) atoms. The summed E-state index contributed by atoms with van der Waals surface area (Å²) in [7, 11) is 0. The summed E-state index contributed by atoms with van der Waals surface area (Å²) in [4.78, 5) is 43.0. The van der Waals surface area contributed by atoms with E-state index in [4.69, 9.17) is 0 Å². The van der Waals surface area contributed by atoms with E-state index >= 15 is 0 Å². The molecule has 0 saturated heterocycles. The predicted octanol–water partition coefficient (Wildman–Crippen LogP) is 2.31. The number of amides is 2. The highest BCUT2D eigenvalue weighted by molar-refractivity contribution is 6.21. The van der Waals surface area contributed by atoms with Crippen LogP contribution in [-0.4, -0.2) is 32.8 Å². The number of hydrogen-bond acceptors (Lipinski definition) is 4. The molecule has 2 aromatic heterocycles. The number of aryl methyl sites for hydroxylation is 2. The fraction of sp³-hybridized carbons (Fsp3) is 0.200. The number of hydrogen-bond donors (Lipinski definition) is 0. The van der Waals surface area contributed by atoms with E-state index in [1.54, 1.807) is 30.3 Å². The van der Waals surface area contributed by atoms with Crippen molar-refractivity contribution in [1.82, 2.24) is 14.5 Å². The van der Waals surface area contributed by atoms with E-state index < -0.39 is 0 Å². The smallest absolute Gasteiger partial charge is 0.261 e. The second kappa shape index (κ2) is 5.91. The topological polar surface area (TPSA) is 72.3 Å². The van der Waals surface area contributed by atoms with Gasteiger partial charge in [0.1, 0.15) is 5.65 Å². The highest BCUT2D eigenvalue weighted by Gasteiger charge is 2.34. The van der Waals surface area contributed by atoms with E-state index in [9.17, 15) is 14.4 Å². The second-order valence-corrected chi connectivity index (χ2v) is 6.45. The van der Waals surface area contributed by atoms with Gasteiger partial charge in [0.15, 0.2) is 0 Å². The molecule has 1 aliphatic heterocycles. The molecular formula is C20H17N3O3. The Morgan fingerprint density at radius 2 is 1.54 bits per heavy atom. The van der Waals surface area contributed by atoms with Gasteiger partial charge in [-0.25, -0.2) is 4.98 Å². The van der Waals surface area contributed by atoms with Gasteiger partial charge in [-0.2, -0.15) is 0 Å². The maximum atomic E-state index is 12.5. The van der Waals surface area contributed by atoms with Gasteiger partial charge in [-0.1, -0.05) is 12.1 Å². The van der Waals surface area contributed by atoms with Crippen molar-refractivity contribution in [3.05, 3.63) is 75.2 Å². The molecule has 3 aromatic rings. The van der Waals surface area contributed by atoms with E-state index in [0.717, 1.165) is 16.6 Å². The van der Waals surface area contributed by atoms with Gasteiger partial charge in [0.25, 0.3) is 17.4 Å². The molecule has 0 unspecified atom stereocenters. The van der Waals surface area contributed by atoms with Crippen LogP contribution in [0.4, 0.5) is 0 Å². The summed E-state index contributed by atoms with van der Waals surface area (Å²) in [5, 5.41) is 0.887. The van der Waals surface area contributed by atoms with Crippen molar-refractivity contribution < 1.29 is 9.59 Å². The minimum Gasteiger partial charge on any atom is -0.291 e. The first-order valence-electron chi connectivity index (χ1n) is 8.40. The lowest BCUT2D eigenvalue weighted by atomic mass is 10.1. The molecule has 4 rings (SSSR count). The Bertz CT molecular complexity index is 1100. The molecule has 2 amide bonds. The summed E-state index contributed by atoms with van der Waals surface area (Å²) in [5.74, 6) is -0.640. The van der Waals surface area contributed by atoms with Gasteiger partial charge < -0.3 is 0 Å². The van der Waals surface area contributed by atoms with Crippen molar-refractivity contribution in [3.63, 3.8) is 0 Å². The third-order valence-electron chi connectivity index (χ3n) is 4.71. The molecule has 6 nitrogen and oxygen atoms in total. The summed E-state index contributed by atoms with van der Waals surface area (Å²) in [6, 6.07) is 12.0. The molecule has 0 aliphatic carbocycles. The van der Waals surface area contributed by atoms with E-state index in [-0.39, 0.29) is 30.5 Å². The molecule has 0 radical (unpaired) electrons. The highest BCUT2D eigenvalue weighted by atomic mass is 16.2. The number of pyridine rings is 2. The molecule has 130 valence electrons. The SMILES string of the molecule is Cc1cc(C)c2ccc(=O)n(CCN3C(=O)c4ccccc4C3=O)c2n1. The first kappa shape index (κ1) is 16.2. The summed E-state index contributed by atoms with van der Waals surface area (Å²) in [6.07, 6.45) is 0. The van der Waals surface area contributed by atoms with Crippen LogP contribution in [0.15, 0.2) is 47.3 Å². The quantitative estimate of drug-likeness (QED) is 0.682. The van der Waals surface area contributed by atoms with Crippen LogP contribution in [0, 0.1) is 13.8 Å². The third-order valence-corrected chi connectivity index (χ3v) is 4.71. The average Bonchev–Trinajstić information content (AvgIpc) is 2.85. The van der Waals surface area contributed by atoms with Gasteiger partial charge in [0, 0.05) is 30.2 Å². The van der Waals surface area contributed by atoms with Crippen molar-refractivity contribution in [2.24, 2.45) is 0 Å². The zero-order valence-electron chi connectivity index (χ0n) is 14.5. The van der Waals surface area contributed by atoms with E-state index in [1.165, 1.54) is 15.5 Å². The molecule has 0 saturated carbocycles. The molecular weight excluding hydrogens is 330 g/mol. The number of rotatable bonds is 3. The Hall–Kier alpha value is -3.28. The number of fused-ring (bicyclic) bond motifs is 2. The monoisotopic (exact) mass is 347 g/mol. The summed E-state index contributed by atoms with van der Waals surface area (Å²) in [5.41, 5.74) is 3.04. The lowest BCUT2D eigenvalue weighted by molar-refractivity contribution is 0.0649. The van der Waals surface area contributed by atoms with Crippen molar-refractivity contribution in [3.8, 4) is 0 Å². The van der Waals surface area contributed by atoms with Crippen LogP contribution in [0.3, 0.4) is 0 Å². The van der Waals surface area contributed by atoms with Crippen LogP contribution in [0.1, 0.15) is 32.0 Å². The van der Waals surface area contributed by atoms with Crippen molar-refractivity contribution in [2.45, 2.75) is 20.4 Å². The Labute approximate surface area is 149 Å². The van der Waals surface area contributed by atoms with Crippen LogP contribution in [0.25, 0.3) is 11.0 Å². The second-order valence-electron chi connectivity index (χ2n) is 6.45. The van der Waals surface area contributed by atoms with Gasteiger partial charge in [-0.3, -0.25) is 23.9 Å². The van der Waals surface area contributed by atoms with Crippen LogP contribution in [0.2, 0.25) is 0 Å². The maximum Gasteiger partial charge on any atom is 0.261 e. The molecule has 1 aliphatic rings. The largest absolute Gasteiger partial charge is 0.291 e. The van der Waals surface area contributed by atoms with Crippen LogP contribution >= 0.6 is 0 Å². The average molecular weight is 347 g/mol. The Balaban J connectivity index is 1.70. The number of benzene rings is 1. The number of carbonyl (C=O) groups excluding carboxylic acids is 2. The summed E-state index contributed by atoms with van der Waals surface area (Å²) in [6.45, 7) is 4.17. The predicted molar refractivity (Wildman–Crippen MR) is 97.3 cm³/mol. The van der Waals surface area contributed by atoms with Crippen molar-refractivity contribution in [1.29, 1.82) is 0 Å². The fourth-order valence-corrected chi connectivity index (χ4v) is 3.45. The number of nitrogens with zero attached hydrogens (tertiary/aromatic N) is 3. The zero-order valence-corrected chi connectivity index (χ0v) is 14.5. The molecule has 0 bridgehead atoms. The summed E-state index contributed by atoms with van der Waals surface area (Å²) >= 11 is 0. The lowest BCUT2D eigenvalue weighted by Crippen LogP contribution is -2.35. The van der Waals surface area contributed by atoms with Crippen LogP contribution < -0.4 is 5.56 Å². The standard InChI is InChI=1S/C20H17N3O3/c1-12-11-13(2)21-18-14(12)7-8-17(24)22(18)9-10-23-19(25)15-5-3-4-6-16(15)20(23)26/h3-8,11H,9-10H2,1-2H3. The van der Waals surface area contributed by atoms with Gasteiger partial charge in [-0.15, -0.1) is 0 Å².